The molecule has 0 saturated carbocycles. The zero-order chi connectivity index (χ0) is 4.24. The largest absolute Gasteiger partial charge is 0.328 e. The van der Waals surface area contributed by atoms with Crippen LogP contribution in [0.3, 0.4) is 0 Å². The molecule has 6 heavy (non-hydrogen) atoms. The minimum Gasteiger partial charge on any atom is -0.328 e. The number of hydrazine groups is 1. The van der Waals surface area contributed by atoms with Crippen molar-refractivity contribution >= 4 is 0 Å². The Bertz CT molecular complexity index is 50.6. The molecule has 0 bridgehead atoms. The number of rotatable bonds is 0. The fraction of sp³-hybridized carbons (Fsp3) is 0. The summed E-state index contributed by atoms with van der Waals surface area (Å²) in [5.41, 5.74) is 5.27. The van der Waals surface area contributed by atoms with E-state index in [9.17, 15) is 0 Å². The van der Waals surface area contributed by atoms with Crippen LogP contribution in [-0.2, 0) is 0 Å². The molecule has 0 aliphatic carbocycles. The van der Waals surface area contributed by atoms with Crippen molar-refractivity contribution in [2.45, 2.75) is 0 Å². The highest BCUT2D eigenvalue weighted by Crippen LogP contribution is 1.83. The SMILES string of the molecule is [C]1[C]NNC=C1. The predicted octanol–water partition coefficient (Wildman–Crippen LogP) is -0.272. The maximum Gasteiger partial charge on any atom is 0.0935 e. The Balaban J connectivity index is 2.26. The molecule has 0 saturated heterocycles. The van der Waals surface area contributed by atoms with Gasteiger partial charge in [-0.3, -0.25) is 0 Å². The van der Waals surface area contributed by atoms with Gasteiger partial charge in [-0.05, 0) is 0 Å². The van der Waals surface area contributed by atoms with Gasteiger partial charge in [0.2, 0.25) is 0 Å². The van der Waals surface area contributed by atoms with Crippen molar-refractivity contribution in [2.75, 3.05) is 0 Å². The fourth-order valence-corrected chi connectivity index (χ4v) is 0.239. The molecule has 0 aromatic rings. The Morgan fingerprint density at radius 2 is 2.50 bits per heavy atom. The molecular formula is C4H4N2. The number of hydrogen-bond donors (Lipinski definition) is 2. The minimum absolute atomic E-state index is 1.73. The Hall–Kier alpha value is -0.500. The van der Waals surface area contributed by atoms with Crippen LogP contribution in [0.2, 0.25) is 0 Å². The van der Waals surface area contributed by atoms with E-state index in [0.717, 1.165) is 0 Å². The van der Waals surface area contributed by atoms with Gasteiger partial charge in [0.1, 0.15) is 0 Å². The highest BCUT2D eigenvalue weighted by molar-refractivity contribution is 5.03. The third kappa shape index (κ3) is 0.723. The summed E-state index contributed by atoms with van der Waals surface area (Å²) in [6.07, 6.45) is 6.15. The normalized spacial score (nSPS) is 20.0. The van der Waals surface area contributed by atoms with Crippen LogP contribution in [0.5, 0.6) is 0 Å². The maximum absolute atomic E-state index is 2.68. The van der Waals surface area contributed by atoms with E-state index >= 15 is 0 Å². The van der Waals surface area contributed by atoms with Crippen molar-refractivity contribution in [3.8, 4) is 0 Å². The lowest BCUT2D eigenvalue weighted by atomic mass is 10.4. The number of hydrogen-bond acceptors (Lipinski definition) is 2. The molecule has 0 fully saturated rings. The fourth-order valence-electron chi connectivity index (χ4n) is 0.239. The van der Waals surface area contributed by atoms with E-state index in [0.29, 0.717) is 0 Å². The van der Waals surface area contributed by atoms with Gasteiger partial charge in [-0.2, -0.15) is 0 Å². The Labute approximate surface area is 37.2 Å². The van der Waals surface area contributed by atoms with E-state index in [1.54, 1.807) is 12.3 Å². The lowest BCUT2D eigenvalue weighted by Crippen LogP contribution is -2.26. The average molecular weight is 80.1 g/mol. The van der Waals surface area contributed by atoms with Crippen LogP contribution < -0.4 is 10.9 Å². The second-order valence-electron chi connectivity index (χ2n) is 0.872. The van der Waals surface area contributed by atoms with E-state index < -0.39 is 0 Å². The third-order valence-electron chi connectivity index (χ3n) is 0.457. The summed E-state index contributed by atoms with van der Waals surface area (Å²) in [5, 5.41) is 0. The summed E-state index contributed by atoms with van der Waals surface area (Å²) in [6.45, 7) is 2.59. The summed E-state index contributed by atoms with van der Waals surface area (Å²) in [7, 11) is 0. The smallest absolute Gasteiger partial charge is 0.0935 e. The van der Waals surface area contributed by atoms with Crippen molar-refractivity contribution in [1.82, 2.24) is 10.9 Å². The van der Waals surface area contributed by atoms with Crippen molar-refractivity contribution in [2.24, 2.45) is 0 Å². The molecule has 2 heteroatoms. The maximum atomic E-state index is 2.68. The Morgan fingerprint density at radius 1 is 1.50 bits per heavy atom. The second-order valence-corrected chi connectivity index (χ2v) is 0.872. The predicted molar refractivity (Wildman–Crippen MR) is 21.9 cm³/mol. The molecule has 0 atom stereocenters. The van der Waals surface area contributed by atoms with Gasteiger partial charge in [0.15, 0.2) is 0 Å². The van der Waals surface area contributed by atoms with Crippen molar-refractivity contribution in [1.29, 1.82) is 0 Å². The van der Waals surface area contributed by atoms with E-state index in [1.807, 2.05) is 0 Å². The van der Waals surface area contributed by atoms with Crippen LogP contribution in [0.4, 0.5) is 0 Å². The Morgan fingerprint density at radius 3 is 2.67 bits per heavy atom. The van der Waals surface area contributed by atoms with Crippen LogP contribution in [0.15, 0.2) is 12.3 Å². The van der Waals surface area contributed by atoms with E-state index in [2.05, 4.69) is 23.8 Å². The molecule has 1 aliphatic rings. The molecular weight excluding hydrogens is 76.1 g/mol. The zero-order valence-corrected chi connectivity index (χ0v) is 3.15. The molecule has 1 aliphatic heterocycles. The third-order valence-corrected chi connectivity index (χ3v) is 0.457. The molecule has 1 rings (SSSR count). The molecule has 0 spiro atoms. The van der Waals surface area contributed by atoms with Gasteiger partial charge in [0, 0.05) is 12.6 Å². The summed E-state index contributed by atoms with van der Waals surface area (Å²) in [6, 6.07) is 0. The summed E-state index contributed by atoms with van der Waals surface area (Å²) in [5.74, 6) is 0. The molecule has 30 valence electrons. The van der Waals surface area contributed by atoms with E-state index in [1.165, 1.54) is 0 Å². The van der Waals surface area contributed by atoms with Gasteiger partial charge in [-0.25, -0.2) is 5.43 Å². The van der Waals surface area contributed by atoms with Crippen molar-refractivity contribution in [3.05, 3.63) is 25.2 Å². The quantitative estimate of drug-likeness (QED) is 0.418. The highest BCUT2D eigenvalue weighted by Gasteiger charge is 1.86. The standard InChI is InChI=1S/C4H4N2/c1-2-4-6-5-3-1/h1,3,5-6H. The van der Waals surface area contributed by atoms with Crippen LogP contribution in [0.1, 0.15) is 0 Å². The molecule has 0 amide bonds. The van der Waals surface area contributed by atoms with Gasteiger partial charge in [-0.1, -0.05) is 6.08 Å². The van der Waals surface area contributed by atoms with Crippen LogP contribution in [0, 0.1) is 13.0 Å². The van der Waals surface area contributed by atoms with Gasteiger partial charge < -0.3 is 5.43 Å². The second kappa shape index (κ2) is 1.82. The molecule has 0 aromatic carbocycles. The van der Waals surface area contributed by atoms with Gasteiger partial charge in [0.25, 0.3) is 0 Å². The van der Waals surface area contributed by atoms with Gasteiger partial charge in [-0.15, -0.1) is 0 Å². The highest BCUT2D eigenvalue weighted by atomic mass is 15.3. The van der Waals surface area contributed by atoms with E-state index in [-0.39, 0.29) is 0 Å². The first kappa shape index (κ1) is 3.68. The van der Waals surface area contributed by atoms with Crippen LogP contribution in [-0.4, -0.2) is 0 Å². The van der Waals surface area contributed by atoms with Crippen LogP contribution >= 0.6 is 0 Å². The first-order valence-corrected chi connectivity index (χ1v) is 1.66. The molecule has 4 radical (unpaired) electrons. The summed E-state index contributed by atoms with van der Waals surface area (Å²) < 4.78 is 0. The van der Waals surface area contributed by atoms with E-state index in [4.69, 9.17) is 0 Å². The summed E-state index contributed by atoms with van der Waals surface area (Å²) in [4.78, 5) is 0. The van der Waals surface area contributed by atoms with Crippen LogP contribution in [0.25, 0.3) is 0 Å². The first-order chi connectivity index (χ1) is 3.00. The summed E-state index contributed by atoms with van der Waals surface area (Å²) >= 11 is 0. The molecule has 1 heterocycles. The minimum atomic E-state index is 1.73. The van der Waals surface area contributed by atoms with Crippen molar-refractivity contribution < 1.29 is 0 Å². The molecule has 0 aromatic heterocycles. The van der Waals surface area contributed by atoms with Crippen molar-refractivity contribution in [3.63, 3.8) is 0 Å². The molecule has 2 nitrogen and oxygen atoms in total. The first-order valence-electron chi connectivity index (χ1n) is 1.66. The monoisotopic (exact) mass is 80.0 g/mol. The lowest BCUT2D eigenvalue weighted by molar-refractivity contribution is 0.715. The number of nitrogens with one attached hydrogen (secondary N) is 2. The Kier molecular flexibility index (Phi) is 1.12. The molecule has 0 unspecified atom stereocenters. The topological polar surface area (TPSA) is 24.1 Å². The molecule has 2 N–H and O–H groups in total. The zero-order valence-electron chi connectivity index (χ0n) is 3.15. The average Bonchev–Trinajstić information content (AvgIpc) is 1.72. The lowest BCUT2D eigenvalue weighted by Gasteiger charge is -2.02. The van der Waals surface area contributed by atoms with Gasteiger partial charge >= 0.3 is 0 Å². The van der Waals surface area contributed by atoms with Gasteiger partial charge in [0.05, 0.1) is 6.54 Å².